The van der Waals surface area contributed by atoms with Crippen molar-refractivity contribution in [2.45, 2.75) is 4.90 Å². The number of benzene rings is 1. The lowest BCUT2D eigenvalue weighted by Crippen LogP contribution is -1.98. The number of halogens is 1. The van der Waals surface area contributed by atoms with E-state index in [0.29, 0.717) is 5.75 Å². The Morgan fingerprint density at radius 3 is 2.62 bits per heavy atom. The lowest BCUT2D eigenvalue weighted by Gasteiger charge is -2.00. The van der Waals surface area contributed by atoms with Gasteiger partial charge in [0.05, 0.1) is 10.6 Å². The summed E-state index contributed by atoms with van der Waals surface area (Å²) in [5.41, 5.74) is 0. The summed E-state index contributed by atoms with van der Waals surface area (Å²) < 4.78 is 1.06. The quantitative estimate of drug-likeness (QED) is 0.611. The molecule has 82 valence electrons. The summed E-state index contributed by atoms with van der Waals surface area (Å²) in [7, 11) is 0. The van der Waals surface area contributed by atoms with Crippen molar-refractivity contribution in [1.82, 2.24) is 0 Å². The fourth-order valence-corrected chi connectivity index (χ4v) is 2.99. The smallest absolute Gasteiger partial charge is 0.182 e. The Hall–Kier alpha value is -0.580. The summed E-state index contributed by atoms with van der Waals surface area (Å²) in [6.07, 6.45) is 0. The van der Waals surface area contributed by atoms with Crippen LogP contribution in [-0.2, 0) is 0 Å². The average molecular weight is 313 g/mol. The highest BCUT2D eigenvalue weighted by Crippen LogP contribution is 2.22. The standard InChI is InChI=1S/C12H9BrOS2/c13-9-3-5-10(6-4-9)16-8-11(14)12-2-1-7-15-12/h1-7H,8H2. The van der Waals surface area contributed by atoms with Gasteiger partial charge in [0.1, 0.15) is 0 Å². The van der Waals surface area contributed by atoms with Gasteiger partial charge in [-0.15, -0.1) is 23.1 Å². The summed E-state index contributed by atoms with van der Waals surface area (Å²) in [6, 6.07) is 11.8. The highest BCUT2D eigenvalue weighted by atomic mass is 79.9. The molecule has 0 bridgehead atoms. The molecule has 0 fully saturated rings. The Bertz CT molecular complexity index is 462. The maximum Gasteiger partial charge on any atom is 0.182 e. The predicted octanol–water partition coefficient (Wildman–Crippen LogP) is 4.49. The minimum Gasteiger partial charge on any atom is -0.292 e. The van der Waals surface area contributed by atoms with Crippen LogP contribution in [0.25, 0.3) is 0 Å². The number of hydrogen-bond acceptors (Lipinski definition) is 3. The average Bonchev–Trinajstić information content (AvgIpc) is 2.81. The van der Waals surface area contributed by atoms with Gasteiger partial charge in [-0.3, -0.25) is 4.79 Å². The molecule has 2 rings (SSSR count). The third kappa shape index (κ3) is 3.20. The molecule has 1 heterocycles. The summed E-state index contributed by atoms with van der Waals surface area (Å²) in [6.45, 7) is 0. The normalized spacial score (nSPS) is 10.3. The molecule has 2 aromatic rings. The third-order valence-corrected chi connectivity index (χ3v) is 4.43. The van der Waals surface area contributed by atoms with Gasteiger partial charge in [0.15, 0.2) is 5.78 Å². The number of rotatable bonds is 4. The van der Waals surface area contributed by atoms with E-state index in [9.17, 15) is 4.79 Å². The van der Waals surface area contributed by atoms with Crippen molar-refractivity contribution in [2.24, 2.45) is 0 Å². The second kappa shape index (κ2) is 5.66. The maximum absolute atomic E-state index is 11.7. The third-order valence-electron chi connectivity index (χ3n) is 1.98. The van der Waals surface area contributed by atoms with E-state index in [1.807, 2.05) is 41.8 Å². The monoisotopic (exact) mass is 312 g/mol. The van der Waals surface area contributed by atoms with E-state index in [-0.39, 0.29) is 5.78 Å². The second-order valence-corrected chi connectivity index (χ2v) is 6.06. The van der Waals surface area contributed by atoms with Gasteiger partial charge in [-0.25, -0.2) is 0 Å². The van der Waals surface area contributed by atoms with E-state index in [2.05, 4.69) is 15.9 Å². The van der Waals surface area contributed by atoms with Crippen molar-refractivity contribution in [3.8, 4) is 0 Å². The fraction of sp³-hybridized carbons (Fsp3) is 0.0833. The minimum atomic E-state index is 0.197. The van der Waals surface area contributed by atoms with Gasteiger partial charge in [0.2, 0.25) is 0 Å². The molecular weight excluding hydrogens is 304 g/mol. The molecule has 0 aliphatic rings. The first-order valence-corrected chi connectivity index (χ1v) is 7.36. The van der Waals surface area contributed by atoms with Gasteiger partial charge >= 0.3 is 0 Å². The SMILES string of the molecule is O=C(CSc1ccc(Br)cc1)c1cccs1. The van der Waals surface area contributed by atoms with E-state index in [4.69, 9.17) is 0 Å². The Balaban J connectivity index is 1.93. The Morgan fingerprint density at radius 2 is 2.00 bits per heavy atom. The Labute approximate surface area is 111 Å². The van der Waals surface area contributed by atoms with Gasteiger partial charge in [0, 0.05) is 9.37 Å². The van der Waals surface area contributed by atoms with Crippen LogP contribution in [0.4, 0.5) is 0 Å². The van der Waals surface area contributed by atoms with E-state index in [1.165, 1.54) is 11.3 Å². The first-order valence-electron chi connectivity index (χ1n) is 4.71. The first-order chi connectivity index (χ1) is 7.75. The van der Waals surface area contributed by atoms with Gasteiger partial charge in [0.25, 0.3) is 0 Å². The molecule has 4 heteroatoms. The predicted molar refractivity (Wildman–Crippen MR) is 73.5 cm³/mol. The molecular formula is C12H9BrOS2. The van der Waals surface area contributed by atoms with Crippen molar-refractivity contribution in [2.75, 3.05) is 5.75 Å². The van der Waals surface area contributed by atoms with Crippen LogP contribution in [0.15, 0.2) is 51.1 Å². The number of ketones is 1. The van der Waals surface area contributed by atoms with E-state index < -0.39 is 0 Å². The molecule has 0 atom stereocenters. The molecule has 0 unspecified atom stereocenters. The van der Waals surface area contributed by atoms with Crippen molar-refractivity contribution in [1.29, 1.82) is 0 Å². The molecule has 1 aromatic carbocycles. The zero-order valence-corrected chi connectivity index (χ0v) is 11.6. The van der Waals surface area contributed by atoms with Crippen LogP contribution in [0.2, 0.25) is 0 Å². The van der Waals surface area contributed by atoms with Crippen LogP contribution in [0.5, 0.6) is 0 Å². The van der Waals surface area contributed by atoms with Gasteiger partial charge < -0.3 is 0 Å². The Morgan fingerprint density at radius 1 is 1.25 bits per heavy atom. The first kappa shape index (κ1) is 11.9. The van der Waals surface area contributed by atoms with Gasteiger partial charge in [-0.1, -0.05) is 22.0 Å². The second-order valence-electron chi connectivity index (χ2n) is 3.14. The number of hydrogen-bond donors (Lipinski definition) is 0. The number of thioether (sulfide) groups is 1. The van der Waals surface area contributed by atoms with Crippen molar-refractivity contribution < 1.29 is 4.79 Å². The van der Waals surface area contributed by atoms with Crippen molar-refractivity contribution in [3.05, 3.63) is 51.1 Å². The van der Waals surface area contributed by atoms with Gasteiger partial charge in [-0.2, -0.15) is 0 Å². The summed E-state index contributed by atoms with van der Waals surface area (Å²) in [5.74, 6) is 0.699. The van der Waals surface area contributed by atoms with Crippen LogP contribution >= 0.6 is 39.0 Å². The lowest BCUT2D eigenvalue weighted by atomic mass is 10.3. The zero-order valence-electron chi connectivity index (χ0n) is 8.35. The number of carbonyl (C=O) groups excluding carboxylic acids is 1. The Kier molecular flexibility index (Phi) is 4.21. The highest BCUT2D eigenvalue weighted by molar-refractivity contribution is 9.10. The molecule has 0 radical (unpaired) electrons. The molecule has 0 saturated heterocycles. The maximum atomic E-state index is 11.7. The van der Waals surface area contributed by atoms with Crippen LogP contribution in [0, 0.1) is 0 Å². The molecule has 0 spiro atoms. The summed E-state index contributed by atoms with van der Waals surface area (Å²) in [4.78, 5) is 13.7. The zero-order chi connectivity index (χ0) is 11.4. The van der Waals surface area contributed by atoms with Gasteiger partial charge in [-0.05, 0) is 35.7 Å². The minimum absolute atomic E-state index is 0.197. The van der Waals surface area contributed by atoms with E-state index in [0.717, 1.165) is 14.2 Å². The van der Waals surface area contributed by atoms with E-state index >= 15 is 0 Å². The fourth-order valence-electron chi connectivity index (χ4n) is 1.19. The number of Topliss-reactive ketones (excluding diaryl/α,β-unsaturated/α-hetero) is 1. The molecule has 0 aliphatic carbocycles. The lowest BCUT2D eigenvalue weighted by molar-refractivity contribution is 0.102. The number of carbonyl (C=O) groups is 1. The van der Waals surface area contributed by atoms with Crippen LogP contribution in [0.3, 0.4) is 0 Å². The van der Waals surface area contributed by atoms with Crippen molar-refractivity contribution >= 4 is 44.8 Å². The molecule has 0 amide bonds. The summed E-state index contributed by atoms with van der Waals surface area (Å²) in [5, 5.41) is 1.93. The van der Waals surface area contributed by atoms with E-state index in [1.54, 1.807) is 11.8 Å². The van der Waals surface area contributed by atoms with Crippen molar-refractivity contribution in [3.63, 3.8) is 0 Å². The molecule has 0 saturated carbocycles. The van der Waals surface area contributed by atoms with Crippen LogP contribution < -0.4 is 0 Å². The van der Waals surface area contributed by atoms with Crippen LogP contribution in [0.1, 0.15) is 9.67 Å². The van der Waals surface area contributed by atoms with Crippen LogP contribution in [-0.4, -0.2) is 11.5 Å². The molecule has 0 aliphatic heterocycles. The largest absolute Gasteiger partial charge is 0.292 e. The number of thiophene rings is 1. The summed E-state index contributed by atoms with van der Waals surface area (Å²) >= 11 is 6.45. The topological polar surface area (TPSA) is 17.1 Å². The molecule has 1 nitrogen and oxygen atoms in total. The molecule has 0 N–H and O–H groups in total. The molecule has 1 aromatic heterocycles. The molecule has 16 heavy (non-hydrogen) atoms. The highest BCUT2D eigenvalue weighted by Gasteiger charge is 2.06.